The Balaban J connectivity index is 1.29. The molecule has 2 atom stereocenters. The first kappa shape index (κ1) is 23.3. The molecule has 0 spiro atoms. The van der Waals surface area contributed by atoms with Crippen molar-refractivity contribution in [3.63, 3.8) is 0 Å². The monoisotopic (exact) mass is 507 g/mol. The zero-order valence-corrected chi connectivity index (χ0v) is 21.1. The number of allylic oxidation sites excluding steroid dienone is 5. The minimum Gasteiger partial charge on any atom is -0.477 e. The second kappa shape index (κ2) is 9.42. The summed E-state index contributed by atoms with van der Waals surface area (Å²) in [5.41, 5.74) is 5.12. The highest BCUT2D eigenvalue weighted by atomic mass is 35.5. The zero-order valence-electron chi connectivity index (χ0n) is 20.4. The van der Waals surface area contributed by atoms with Crippen LogP contribution in [-0.2, 0) is 6.54 Å². The molecule has 36 heavy (non-hydrogen) atoms. The number of anilines is 1. The molecule has 0 radical (unpaired) electrons. The van der Waals surface area contributed by atoms with E-state index in [2.05, 4.69) is 34.4 Å². The van der Waals surface area contributed by atoms with E-state index >= 15 is 0 Å². The Morgan fingerprint density at radius 3 is 2.97 bits per heavy atom. The lowest BCUT2D eigenvalue weighted by Gasteiger charge is -2.31. The van der Waals surface area contributed by atoms with Crippen molar-refractivity contribution in [2.75, 3.05) is 31.1 Å². The number of aromatic nitrogens is 3. The Kier molecular flexibility index (Phi) is 6.11. The Hall–Kier alpha value is -3.07. The van der Waals surface area contributed by atoms with Crippen LogP contribution in [0.2, 0.25) is 5.02 Å². The van der Waals surface area contributed by atoms with Crippen molar-refractivity contribution in [3.05, 3.63) is 64.9 Å². The van der Waals surface area contributed by atoms with Crippen molar-refractivity contribution in [2.45, 2.75) is 45.0 Å². The molecule has 2 aliphatic heterocycles. The quantitative estimate of drug-likeness (QED) is 0.535. The summed E-state index contributed by atoms with van der Waals surface area (Å²) in [5.74, 6) is 0.749. The zero-order chi connectivity index (χ0) is 24.8. The van der Waals surface area contributed by atoms with Gasteiger partial charge in [-0.2, -0.15) is 10.1 Å². The fourth-order valence-electron chi connectivity index (χ4n) is 5.27. The van der Waals surface area contributed by atoms with Crippen LogP contribution in [0, 0.1) is 0 Å². The predicted molar refractivity (Wildman–Crippen MR) is 140 cm³/mol. The summed E-state index contributed by atoms with van der Waals surface area (Å²) in [4.78, 5) is 8.91. The molecule has 3 aromatic rings. The van der Waals surface area contributed by atoms with Gasteiger partial charge < -0.3 is 19.2 Å². The van der Waals surface area contributed by atoms with Crippen molar-refractivity contribution in [3.8, 4) is 5.88 Å². The average molecular weight is 508 g/mol. The Morgan fingerprint density at radius 2 is 2.11 bits per heavy atom. The van der Waals surface area contributed by atoms with Crippen LogP contribution in [0.15, 0.2) is 53.0 Å². The van der Waals surface area contributed by atoms with Gasteiger partial charge in [0, 0.05) is 43.7 Å². The molecule has 0 amide bonds. The molecule has 1 N–H and O–H groups in total. The van der Waals surface area contributed by atoms with Gasteiger partial charge in [-0.05, 0) is 43.5 Å². The summed E-state index contributed by atoms with van der Waals surface area (Å²) in [6, 6.07) is 6.18. The van der Waals surface area contributed by atoms with Gasteiger partial charge in [0.2, 0.25) is 5.88 Å². The van der Waals surface area contributed by atoms with Gasteiger partial charge >= 0.3 is 0 Å². The molecular weight excluding hydrogens is 478 g/mol. The van der Waals surface area contributed by atoms with Crippen molar-refractivity contribution in [1.82, 2.24) is 19.7 Å². The van der Waals surface area contributed by atoms with Crippen LogP contribution in [-0.4, -0.2) is 57.1 Å². The maximum Gasteiger partial charge on any atom is 0.298 e. The van der Waals surface area contributed by atoms with Gasteiger partial charge in [-0.15, -0.1) is 0 Å². The van der Waals surface area contributed by atoms with Gasteiger partial charge in [0.1, 0.15) is 11.2 Å². The smallest absolute Gasteiger partial charge is 0.298 e. The van der Waals surface area contributed by atoms with Gasteiger partial charge in [0.25, 0.3) is 6.01 Å². The van der Waals surface area contributed by atoms with Crippen LogP contribution in [0.5, 0.6) is 5.88 Å². The van der Waals surface area contributed by atoms with Crippen molar-refractivity contribution in [2.24, 2.45) is 0 Å². The Bertz CT molecular complexity index is 1370. The molecule has 1 fully saturated rings. The molecule has 9 heteroatoms. The van der Waals surface area contributed by atoms with E-state index in [4.69, 9.17) is 25.9 Å². The standard InChI is InChI=1S/C27H30ClN5O3/c1-17-5-3-6-19(15-17)23-24(30-33-10-4-14-35-26(23)33)25(34)32-13-12-31(11-9-18(32)2)27-29-21-16-20(28)7-8-22(21)36-27/h3,5-8,16,18,25,34H,1,4,9-15H2,2H3/t18-,25?/m1/s1. The van der Waals surface area contributed by atoms with Crippen LogP contribution in [0.1, 0.15) is 43.7 Å². The number of ether oxygens (including phenoxy) is 1. The Labute approximate surface area is 215 Å². The largest absolute Gasteiger partial charge is 0.477 e. The molecule has 1 saturated heterocycles. The van der Waals surface area contributed by atoms with Crippen molar-refractivity contribution >= 4 is 34.3 Å². The SMILES string of the molecule is C=C1C=CC=C(c2c(C(O)N3CCN(c4nc5cc(Cl)ccc5o4)CC[C@H]3C)nn3c2OCCC3)C1. The number of oxazole rings is 1. The first-order valence-corrected chi connectivity index (χ1v) is 12.9. The molecule has 0 saturated carbocycles. The van der Waals surface area contributed by atoms with E-state index in [0.717, 1.165) is 54.0 Å². The molecule has 2 aromatic heterocycles. The molecule has 6 rings (SSSR count). The van der Waals surface area contributed by atoms with Crippen molar-refractivity contribution in [1.29, 1.82) is 0 Å². The lowest BCUT2D eigenvalue weighted by molar-refractivity contribution is -0.0223. The number of halogens is 1. The highest BCUT2D eigenvalue weighted by Gasteiger charge is 2.35. The van der Waals surface area contributed by atoms with Crippen LogP contribution in [0.4, 0.5) is 6.01 Å². The lowest BCUT2D eigenvalue weighted by atomic mass is 9.94. The van der Waals surface area contributed by atoms with Gasteiger partial charge in [0.15, 0.2) is 11.8 Å². The minimum absolute atomic E-state index is 0.131. The second-order valence-corrected chi connectivity index (χ2v) is 10.2. The molecule has 8 nitrogen and oxygen atoms in total. The number of hydrogen-bond donors (Lipinski definition) is 1. The van der Waals surface area contributed by atoms with Crippen molar-refractivity contribution < 1.29 is 14.3 Å². The topological polar surface area (TPSA) is 79.8 Å². The van der Waals surface area contributed by atoms with Crippen LogP contribution >= 0.6 is 11.6 Å². The first-order valence-electron chi connectivity index (χ1n) is 12.5. The summed E-state index contributed by atoms with van der Waals surface area (Å²) in [6.07, 6.45) is 7.70. The molecule has 3 aliphatic rings. The third-order valence-corrected chi connectivity index (χ3v) is 7.47. The highest BCUT2D eigenvalue weighted by Crippen LogP contribution is 2.40. The average Bonchev–Trinajstić information content (AvgIpc) is 3.41. The fourth-order valence-corrected chi connectivity index (χ4v) is 5.44. The minimum atomic E-state index is -0.862. The Morgan fingerprint density at radius 1 is 1.22 bits per heavy atom. The van der Waals surface area contributed by atoms with Gasteiger partial charge in [0.05, 0.1) is 12.2 Å². The molecule has 1 aliphatic carbocycles. The lowest BCUT2D eigenvalue weighted by Crippen LogP contribution is -2.38. The number of aliphatic hydroxyl groups is 1. The van der Waals surface area contributed by atoms with E-state index in [9.17, 15) is 5.11 Å². The molecule has 4 heterocycles. The molecule has 0 bridgehead atoms. The van der Waals surface area contributed by atoms with E-state index in [1.54, 1.807) is 6.07 Å². The second-order valence-electron chi connectivity index (χ2n) is 9.72. The van der Waals surface area contributed by atoms with Gasteiger partial charge in [-0.1, -0.05) is 42.0 Å². The predicted octanol–water partition coefficient (Wildman–Crippen LogP) is 4.95. The number of aliphatic hydroxyl groups excluding tert-OH is 1. The van der Waals surface area contributed by atoms with E-state index < -0.39 is 6.23 Å². The summed E-state index contributed by atoms with van der Waals surface area (Å²) >= 11 is 6.13. The summed E-state index contributed by atoms with van der Waals surface area (Å²) in [5, 5.41) is 17.2. The van der Waals surface area contributed by atoms with Gasteiger partial charge in [-0.25, -0.2) is 4.68 Å². The molecular formula is C27H30ClN5O3. The van der Waals surface area contributed by atoms with E-state index in [-0.39, 0.29) is 6.04 Å². The summed E-state index contributed by atoms with van der Waals surface area (Å²) in [7, 11) is 0. The fraction of sp³-hybridized carbons (Fsp3) is 0.407. The summed E-state index contributed by atoms with van der Waals surface area (Å²) < 4.78 is 14.0. The molecule has 188 valence electrons. The summed E-state index contributed by atoms with van der Waals surface area (Å²) in [6.45, 7) is 9.80. The third-order valence-electron chi connectivity index (χ3n) is 7.23. The maximum atomic E-state index is 11.7. The number of rotatable bonds is 4. The third kappa shape index (κ3) is 4.23. The molecule has 1 aromatic carbocycles. The van der Waals surface area contributed by atoms with E-state index in [1.165, 1.54) is 0 Å². The first-order chi connectivity index (χ1) is 17.5. The van der Waals surface area contributed by atoms with Crippen LogP contribution in [0.3, 0.4) is 0 Å². The number of fused-ring (bicyclic) bond motifs is 2. The molecule has 1 unspecified atom stereocenters. The number of benzene rings is 1. The van der Waals surface area contributed by atoms with Crippen LogP contribution < -0.4 is 9.64 Å². The highest BCUT2D eigenvalue weighted by molar-refractivity contribution is 6.31. The number of aryl methyl sites for hydroxylation is 1. The number of hydrogen-bond acceptors (Lipinski definition) is 7. The van der Waals surface area contributed by atoms with Crippen LogP contribution in [0.25, 0.3) is 16.7 Å². The number of nitrogens with zero attached hydrogens (tertiary/aromatic N) is 5. The van der Waals surface area contributed by atoms with E-state index in [1.807, 2.05) is 29.0 Å². The maximum absolute atomic E-state index is 11.7. The van der Waals surface area contributed by atoms with Gasteiger partial charge in [-0.3, -0.25) is 4.90 Å². The normalized spacial score (nSPS) is 21.8. The van der Waals surface area contributed by atoms with E-state index in [0.29, 0.717) is 48.4 Å².